The van der Waals surface area contributed by atoms with Crippen LogP contribution in [0.3, 0.4) is 0 Å². The van der Waals surface area contributed by atoms with Crippen molar-refractivity contribution in [2.75, 3.05) is 0 Å². The summed E-state index contributed by atoms with van der Waals surface area (Å²) in [5.41, 5.74) is 0.401. The Labute approximate surface area is 102 Å². The molecule has 0 aliphatic rings. The second kappa shape index (κ2) is 4.95. The van der Waals surface area contributed by atoms with Crippen LogP contribution in [0.4, 0.5) is 35.1 Å². The first-order chi connectivity index (χ1) is 8.44. The first kappa shape index (κ1) is 15.7. The van der Waals surface area contributed by atoms with Gasteiger partial charge in [0.25, 0.3) is 6.43 Å². The average molecular weight is 293 g/mol. The zero-order valence-corrected chi connectivity index (χ0v) is 8.99. The topological polar surface area (TPSA) is 26.0 Å². The number of rotatable bonds is 2. The molecule has 1 rings (SSSR count). The molecule has 0 radical (unpaired) electrons. The number of halogens is 8. The van der Waals surface area contributed by atoms with E-state index in [0.717, 1.165) is 0 Å². The second-order valence-electron chi connectivity index (χ2n) is 3.66. The van der Waals surface area contributed by atoms with Crippen molar-refractivity contribution in [3.05, 3.63) is 34.9 Å². The standard InChI is InChI=1S/C10H7F8N/c11-8(12)7(19)5-2-1-4(9(13,14)15)3-6(5)10(16,17)18/h1-3,7-8H,19H2/t7-/m1/s1. The monoisotopic (exact) mass is 293 g/mol. The summed E-state index contributed by atoms with van der Waals surface area (Å²) in [4.78, 5) is 0. The summed E-state index contributed by atoms with van der Waals surface area (Å²) >= 11 is 0. The van der Waals surface area contributed by atoms with Crippen molar-refractivity contribution < 1.29 is 35.1 Å². The van der Waals surface area contributed by atoms with Gasteiger partial charge in [0.1, 0.15) is 0 Å². The quantitative estimate of drug-likeness (QED) is 0.820. The fourth-order valence-electron chi connectivity index (χ4n) is 1.40. The number of benzene rings is 1. The molecule has 0 saturated heterocycles. The van der Waals surface area contributed by atoms with E-state index in [-0.39, 0.29) is 12.1 Å². The summed E-state index contributed by atoms with van der Waals surface area (Å²) in [7, 11) is 0. The number of hydrogen-bond donors (Lipinski definition) is 1. The molecule has 1 nitrogen and oxygen atoms in total. The molecule has 0 fully saturated rings. The lowest BCUT2D eigenvalue weighted by Gasteiger charge is -2.19. The SMILES string of the molecule is N[C@H](c1ccc(C(F)(F)F)cc1C(F)(F)F)C(F)F. The van der Waals surface area contributed by atoms with E-state index < -0.39 is 41.5 Å². The third-order valence-corrected chi connectivity index (χ3v) is 2.32. The molecule has 0 unspecified atom stereocenters. The zero-order valence-electron chi connectivity index (χ0n) is 8.99. The summed E-state index contributed by atoms with van der Waals surface area (Å²) in [5, 5.41) is 0. The molecule has 0 amide bonds. The van der Waals surface area contributed by atoms with Crippen molar-refractivity contribution in [3.63, 3.8) is 0 Å². The lowest BCUT2D eigenvalue weighted by atomic mass is 9.98. The van der Waals surface area contributed by atoms with Gasteiger partial charge in [-0.2, -0.15) is 26.3 Å². The smallest absolute Gasteiger partial charge is 0.319 e. The summed E-state index contributed by atoms with van der Waals surface area (Å²) in [6.45, 7) is 0. The van der Waals surface area contributed by atoms with Gasteiger partial charge in [0, 0.05) is 0 Å². The maximum Gasteiger partial charge on any atom is 0.416 e. The molecule has 0 saturated carbocycles. The Morgan fingerprint density at radius 3 is 1.79 bits per heavy atom. The minimum absolute atomic E-state index is 0.225. The molecule has 0 aliphatic heterocycles. The van der Waals surface area contributed by atoms with Gasteiger partial charge in [0.05, 0.1) is 17.2 Å². The van der Waals surface area contributed by atoms with Gasteiger partial charge in [-0.05, 0) is 17.7 Å². The minimum Gasteiger partial charge on any atom is -0.319 e. The van der Waals surface area contributed by atoms with E-state index in [9.17, 15) is 35.1 Å². The highest BCUT2D eigenvalue weighted by Crippen LogP contribution is 2.39. The second-order valence-corrected chi connectivity index (χ2v) is 3.66. The summed E-state index contributed by atoms with van der Waals surface area (Å²) in [5.74, 6) is 0. The molecule has 1 aromatic carbocycles. The van der Waals surface area contributed by atoms with Crippen LogP contribution in [0.5, 0.6) is 0 Å². The van der Waals surface area contributed by atoms with Crippen molar-refractivity contribution >= 4 is 0 Å². The predicted molar refractivity (Wildman–Crippen MR) is 49.4 cm³/mol. The maximum absolute atomic E-state index is 12.6. The molecule has 19 heavy (non-hydrogen) atoms. The molecule has 108 valence electrons. The van der Waals surface area contributed by atoms with Crippen molar-refractivity contribution in [2.45, 2.75) is 24.8 Å². The third kappa shape index (κ3) is 3.55. The summed E-state index contributed by atoms with van der Waals surface area (Å²) in [6, 6.07) is -1.92. The lowest BCUT2D eigenvalue weighted by Crippen LogP contribution is -2.24. The Balaban J connectivity index is 3.42. The van der Waals surface area contributed by atoms with E-state index in [2.05, 4.69) is 0 Å². The Morgan fingerprint density at radius 2 is 1.42 bits per heavy atom. The van der Waals surface area contributed by atoms with Gasteiger partial charge in [-0.3, -0.25) is 0 Å². The molecule has 0 aromatic heterocycles. The van der Waals surface area contributed by atoms with E-state index in [1.165, 1.54) is 0 Å². The first-order valence-electron chi connectivity index (χ1n) is 4.76. The fraction of sp³-hybridized carbons (Fsp3) is 0.400. The summed E-state index contributed by atoms with van der Waals surface area (Å²) in [6.07, 6.45) is -13.5. The molecule has 0 bridgehead atoms. The van der Waals surface area contributed by atoms with Crippen LogP contribution in [-0.4, -0.2) is 6.43 Å². The molecule has 0 aliphatic carbocycles. The average Bonchev–Trinajstić information content (AvgIpc) is 2.24. The van der Waals surface area contributed by atoms with E-state index in [4.69, 9.17) is 5.73 Å². The van der Waals surface area contributed by atoms with E-state index in [1.807, 2.05) is 0 Å². The highest BCUT2D eigenvalue weighted by Gasteiger charge is 2.40. The van der Waals surface area contributed by atoms with Gasteiger partial charge in [-0.25, -0.2) is 8.78 Å². The zero-order chi connectivity index (χ0) is 15.0. The lowest BCUT2D eigenvalue weighted by molar-refractivity contribution is -0.143. The van der Waals surface area contributed by atoms with Crippen LogP contribution >= 0.6 is 0 Å². The molecule has 1 aromatic rings. The van der Waals surface area contributed by atoms with E-state index >= 15 is 0 Å². The molecular weight excluding hydrogens is 286 g/mol. The largest absolute Gasteiger partial charge is 0.416 e. The van der Waals surface area contributed by atoms with E-state index in [1.54, 1.807) is 0 Å². The normalized spacial score (nSPS) is 14.8. The molecule has 0 heterocycles. The Kier molecular flexibility index (Phi) is 4.08. The van der Waals surface area contributed by atoms with Gasteiger partial charge in [0.2, 0.25) is 0 Å². The van der Waals surface area contributed by atoms with Crippen LogP contribution in [0.25, 0.3) is 0 Å². The van der Waals surface area contributed by atoms with Crippen LogP contribution in [-0.2, 0) is 12.4 Å². The minimum atomic E-state index is -5.21. The predicted octanol–water partition coefficient (Wildman–Crippen LogP) is 3.99. The van der Waals surface area contributed by atoms with Gasteiger partial charge < -0.3 is 5.73 Å². The highest BCUT2D eigenvalue weighted by atomic mass is 19.4. The fourth-order valence-corrected chi connectivity index (χ4v) is 1.40. The number of alkyl halides is 8. The Bertz CT molecular complexity index is 448. The maximum atomic E-state index is 12.6. The van der Waals surface area contributed by atoms with Crippen molar-refractivity contribution in [1.82, 2.24) is 0 Å². The van der Waals surface area contributed by atoms with Gasteiger partial charge in [-0.15, -0.1) is 0 Å². The first-order valence-corrected chi connectivity index (χ1v) is 4.76. The van der Waals surface area contributed by atoms with Crippen LogP contribution in [0.15, 0.2) is 18.2 Å². The van der Waals surface area contributed by atoms with Gasteiger partial charge in [0.15, 0.2) is 0 Å². The number of hydrogen-bond acceptors (Lipinski definition) is 1. The molecule has 0 spiro atoms. The molecule has 2 N–H and O–H groups in total. The third-order valence-electron chi connectivity index (χ3n) is 2.32. The van der Waals surface area contributed by atoms with Crippen LogP contribution in [0.2, 0.25) is 0 Å². The van der Waals surface area contributed by atoms with Crippen molar-refractivity contribution in [1.29, 1.82) is 0 Å². The Morgan fingerprint density at radius 1 is 0.895 bits per heavy atom. The van der Waals surface area contributed by atoms with Crippen molar-refractivity contribution in [2.24, 2.45) is 5.73 Å². The Hall–Kier alpha value is -1.38. The van der Waals surface area contributed by atoms with Crippen LogP contribution in [0.1, 0.15) is 22.7 Å². The van der Waals surface area contributed by atoms with Crippen LogP contribution in [0, 0.1) is 0 Å². The molecule has 9 heteroatoms. The molecular formula is C10H7F8N. The van der Waals surface area contributed by atoms with Gasteiger partial charge >= 0.3 is 12.4 Å². The molecule has 1 atom stereocenters. The summed E-state index contributed by atoms with van der Waals surface area (Å²) < 4.78 is 99.2. The highest BCUT2D eigenvalue weighted by molar-refractivity contribution is 5.37. The van der Waals surface area contributed by atoms with Gasteiger partial charge in [-0.1, -0.05) is 6.07 Å². The van der Waals surface area contributed by atoms with Crippen molar-refractivity contribution in [3.8, 4) is 0 Å². The van der Waals surface area contributed by atoms with E-state index in [0.29, 0.717) is 6.07 Å². The van der Waals surface area contributed by atoms with Crippen LogP contribution < -0.4 is 5.73 Å². The number of nitrogens with two attached hydrogens (primary N) is 1.